The summed E-state index contributed by atoms with van der Waals surface area (Å²) in [4.78, 5) is 43.0. The number of nitrogens with one attached hydrogen (secondary N) is 3. The molecular formula is C28H38N6O4. The van der Waals surface area contributed by atoms with Crippen LogP contribution in [0, 0.1) is 5.92 Å². The Kier molecular flexibility index (Phi) is 10.5. The molecule has 0 unspecified atom stereocenters. The van der Waals surface area contributed by atoms with Crippen molar-refractivity contribution in [3.8, 4) is 0 Å². The van der Waals surface area contributed by atoms with Gasteiger partial charge in [0.2, 0.25) is 6.41 Å². The molecule has 0 bridgehead atoms. The molecule has 4 rings (SSSR count). The number of H-pyrrole nitrogens is 1. The van der Waals surface area contributed by atoms with Crippen molar-refractivity contribution in [1.82, 2.24) is 14.9 Å². The quantitative estimate of drug-likeness (QED) is 0.294. The van der Waals surface area contributed by atoms with Crippen LogP contribution in [0.2, 0.25) is 0 Å². The summed E-state index contributed by atoms with van der Waals surface area (Å²) >= 11 is 0. The van der Waals surface area contributed by atoms with E-state index in [1.54, 1.807) is 19.2 Å². The standard InChI is InChI=1S/C17H23N5O3.C11H15NO/c1-10-5-7-22(8-6-10)17(24)12-4-3-11(25-12)9-13-20-14(15(18)23)16(19-2)21-13;1-2-3-4-10-5-7-11(8-6-10)12-9-13/h3-4,10,19H,5-9H2,1-2H3,(H2,18,23)(H,20,21);5-9H,2-4H2,1H3,(H,12,13). The lowest BCUT2D eigenvalue weighted by atomic mass is 9.99. The molecule has 3 aromatic rings. The molecule has 1 aromatic carbocycles. The zero-order chi connectivity index (χ0) is 27.5. The molecular weight excluding hydrogens is 484 g/mol. The zero-order valence-corrected chi connectivity index (χ0v) is 22.4. The molecule has 1 aliphatic heterocycles. The third-order valence-corrected chi connectivity index (χ3v) is 6.52. The first-order chi connectivity index (χ1) is 18.3. The molecule has 2 aromatic heterocycles. The number of primary amides is 1. The summed E-state index contributed by atoms with van der Waals surface area (Å²) in [6.45, 7) is 5.92. The Hall–Kier alpha value is -4.08. The molecule has 10 nitrogen and oxygen atoms in total. The molecule has 3 amide bonds. The Morgan fingerprint density at radius 3 is 2.47 bits per heavy atom. The summed E-state index contributed by atoms with van der Waals surface area (Å²) < 4.78 is 5.68. The number of aryl methyl sites for hydroxylation is 1. The van der Waals surface area contributed by atoms with E-state index in [1.165, 1.54) is 18.4 Å². The minimum atomic E-state index is -0.585. The lowest BCUT2D eigenvalue weighted by molar-refractivity contribution is -0.105. The molecule has 204 valence electrons. The summed E-state index contributed by atoms with van der Waals surface area (Å²) in [6, 6.07) is 11.4. The van der Waals surface area contributed by atoms with E-state index in [0.717, 1.165) is 38.0 Å². The molecule has 0 spiro atoms. The highest BCUT2D eigenvalue weighted by Gasteiger charge is 2.24. The van der Waals surface area contributed by atoms with Gasteiger partial charge in [-0.1, -0.05) is 32.4 Å². The van der Waals surface area contributed by atoms with Crippen LogP contribution in [0.25, 0.3) is 0 Å². The fraction of sp³-hybridized carbons (Fsp3) is 0.429. The maximum absolute atomic E-state index is 12.5. The van der Waals surface area contributed by atoms with Crippen LogP contribution < -0.4 is 16.4 Å². The third-order valence-electron chi connectivity index (χ3n) is 6.52. The fourth-order valence-corrected chi connectivity index (χ4v) is 4.20. The maximum atomic E-state index is 12.5. The number of piperidine rings is 1. The van der Waals surface area contributed by atoms with Crippen molar-refractivity contribution in [2.24, 2.45) is 11.7 Å². The number of carbonyl (C=O) groups is 3. The molecule has 0 radical (unpaired) electrons. The van der Waals surface area contributed by atoms with Gasteiger partial charge in [-0.05, 0) is 61.4 Å². The summed E-state index contributed by atoms with van der Waals surface area (Å²) in [5, 5.41) is 5.43. The SMILES string of the molecule is CCCCc1ccc(NC=O)cc1.CNc1nc(Cc2ccc(C(=O)N3CCC(C)CC3)o2)[nH]c1C(N)=O. The number of nitrogens with zero attached hydrogens (tertiary/aromatic N) is 2. The van der Waals surface area contributed by atoms with Crippen molar-refractivity contribution < 1.29 is 18.8 Å². The average Bonchev–Trinajstić information content (AvgIpc) is 3.56. The van der Waals surface area contributed by atoms with Crippen molar-refractivity contribution in [2.45, 2.75) is 52.4 Å². The van der Waals surface area contributed by atoms with Gasteiger partial charge in [0.15, 0.2) is 11.6 Å². The number of carbonyl (C=O) groups excluding carboxylic acids is 3. The van der Waals surface area contributed by atoms with Gasteiger partial charge in [0.1, 0.15) is 17.3 Å². The highest BCUT2D eigenvalue weighted by atomic mass is 16.4. The van der Waals surface area contributed by atoms with Gasteiger partial charge in [-0.25, -0.2) is 4.98 Å². The number of benzene rings is 1. The molecule has 38 heavy (non-hydrogen) atoms. The molecule has 0 saturated carbocycles. The predicted molar refractivity (Wildman–Crippen MR) is 147 cm³/mol. The number of aromatic nitrogens is 2. The number of unbranched alkanes of at least 4 members (excludes halogenated alkanes) is 1. The van der Waals surface area contributed by atoms with E-state index >= 15 is 0 Å². The molecule has 0 aliphatic carbocycles. The number of imidazole rings is 1. The smallest absolute Gasteiger partial charge is 0.289 e. The highest BCUT2D eigenvalue weighted by Crippen LogP contribution is 2.21. The monoisotopic (exact) mass is 522 g/mol. The topological polar surface area (TPSA) is 146 Å². The number of rotatable bonds is 10. The van der Waals surface area contributed by atoms with Gasteiger partial charge < -0.3 is 30.7 Å². The minimum absolute atomic E-state index is 0.0775. The van der Waals surface area contributed by atoms with Gasteiger partial charge in [-0.2, -0.15) is 0 Å². The largest absolute Gasteiger partial charge is 0.455 e. The number of furan rings is 1. The number of amides is 3. The number of likely N-dealkylation sites (tertiary alicyclic amines) is 1. The first-order valence-electron chi connectivity index (χ1n) is 13.1. The van der Waals surface area contributed by atoms with Gasteiger partial charge in [0.05, 0.1) is 6.42 Å². The number of anilines is 2. The highest BCUT2D eigenvalue weighted by molar-refractivity contribution is 5.95. The molecule has 1 aliphatic rings. The van der Waals surface area contributed by atoms with Crippen molar-refractivity contribution in [3.63, 3.8) is 0 Å². The van der Waals surface area contributed by atoms with Crippen LogP contribution in [0.15, 0.2) is 40.8 Å². The van der Waals surface area contributed by atoms with E-state index in [2.05, 4.69) is 46.6 Å². The Morgan fingerprint density at radius 2 is 1.89 bits per heavy atom. The predicted octanol–water partition coefficient (Wildman–Crippen LogP) is 4.20. The Morgan fingerprint density at radius 1 is 1.18 bits per heavy atom. The van der Waals surface area contributed by atoms with Crippen LogP contribution in [0.3, 0.4) is 0 Å². The third kappa shape index (κ3) is 7.96. The van der Waals surface area contributed by atoms with Crippen LogP contribution in [-0.2, 0) is 17.6 Å². The molecule has 3 heterocycles. The summed E-state index contributed by atoms with van der Waals surface area (Å²) in [7, 11) is 1.66. The lowest BCUT2D eigenvalue weighted by Crippen LogP contribution is -2.37. The average molecular weight is 523 g/mol. The first-order valence-corrected chi connectivity index (χ1v) is 13.1. The number of nitrogens with two attached hydrogens (primary N) is 1. The van der Waals surface area contributed by atoms with Crippen LogP contribution in [0.1, 0.15) is 77.7 Å². The summed E-state index contributed by atoms with van der Waals surface area (Å²) in [5.74, 6) is 1.87. The van der Waals surface area contributed by atoms with E-state index in [0.29, 0.717) is 41.9 Å². The van der Waals surface area contributed by atoms with Gasteiger partial charge in [0.25, 0.3) is 11.8 Å². The zero-order valence-electron chi connectivity index (χ0n) is 22.4. The van der Waals surface area contributed by atoms with E-state index < -0.39 is 5.91 Å². The van der Waals surface area contributed by atoms with Crippen LogP contribution in [-0.4, -0.2) is 53.2 Å². The molecule has 10 heteroatoms. The van der Waals surface area contributed by atoms with Crippen molar-refractivity contribution in [3.05, 3.63) is 65.0 Å². The Bertz CT molecular complexity index is 1190. The first kappa shape index (κ1) is 28.5. The minimum Gasteiger partial charge on any atom is -0.455 e. The normalized spacial score (nSPS) is 13.4. The van der Waals surface area contributed by atoms with Crippen LogP contribution >= 0.6 is 0 Å². The van der Waals surface area contributed by atoms with E-state index in [-0.39, 0.29) is 11.6 Å². The molecule has 1 fully saturated rings. The van der Waals surface area contributed by atoms with Gasteiger partial charge in [-0.3, -0.25) is 14.4 Å². The molecule has 0 atom stereocenters. The van der Waals surface area contributed by atoms with Crippen LogP contribution in [0.4, 0.5) is 11.5 Å². The fourth-order valence-electron chi connectivity index (χ4n) is 4.20. The van der Waals surface area contributed by atoms with E-state index in [4.69, 9.17) is 10.2 Å². The van der Waals surface area contributed by atoms with Crippen molar-refractivity contribution >= 4 is 29.7 Å². The second kappa shape index (κ2) is 14.0. The van der Waals surface area contributed by atoms with Crippen molar-refractivity contribution in [2.75, 3.05) is 30.8 Å². The van der Waals surface area contributed by atoms with Gasteiger partial charge in [-0.15, -0.1) is 0 Å². The molecule has 5 N–H and O–H groups in total. The maximum Gasteiger partial charge on any atom is 0.289 e. The number of hydrogen-bond donors (Lipinski definition) is 4. The summed E-state index contributed by atoms with van der Waals surface area (Å²) in [6.07, 6.45) is 6.64. The van der Waals surface area contributed by atoms with Crippen molar-refractivity contribution in [1.29, 1.82) is 0 Å². The number of aromatic amines is 1. The second-order valence-electron chi connectivity index (χ2n) is 9.50. The Labute approximate surface area is 223 Å². The Balaban J connectivity index is 0.000000260. The van der Waals surface area contributed by atoms with E-state index in [9.17, 15) is 14.4 Å². The number of hydrogen-bond acceptors (Lipinski definition) is 6. The van der Waals surface area contributed by atoms with Gasteiger partial charge in [0, 0.05) is 25.8 Å². The summed E-state index contributed by atoms with van der Waals surface area (Å²) in [5.41, 5.74) is 7.72. The van der Waals surface area contributed by atoms with Gasteiger partial charge >= 0.3 is 0 Å². The van der Waals surface area contributed by atoms with Crippen LogP contribution in [0.5, 0.6) is 0 Å². The second-order valence-corrected chi connectivity index (χ2v) is 9.50. The lowest BCUT2D eigenvalue weighted by Gasteiger charge is -2.29. The van der Waals surface area contributed by atoms with E-state index in [1.807, 2.05) is 17.0 Å². The molecule has 1 saturated heterocycles.